The third-order valence-corrected chi connectivity index (χ3v) is 7.00. The summed E-state index contributed by atoms with van der Waals surface area (Å²) in [7, 11) is 0. The molecule has 5 rings (SSSR count). The van der Waals surface area contributed by atoms with Crippen molar-refractivity contribution in [1.82, 2.24) is 20.3 Å². The summed E-state index contributed by atoms with van der Waals surface area (Å²) in [6, 6.07) is 12.1. The smallest absolute Gasteiger partial charge is 0.224 e. The van der Waals surface area contributed by atoms with E-state index in [1.165, 1.54) is 6.42 Å². The molecule has 29 heavy (non-hydrogen) atoms. The first-order valence-corrected chi connectivity index (χ1v) is 11.0. The molecule has 5 nitrogen and oxygen atoms in total. The van der Waals surface area contributed by atoms with Gasteiger partial charge in [-0.15, -0.1) is 0 Å². The molecule has 2 heterocycles. The first-order chi connectivity index (χ1) is 14.2. The minimum Gasteiger partial charge on any atom is -0.352 e. The zero-order chi connectivity index (χ0) is 19.8. The Bertz CT molecular complexity index is 1000. The topological polar surface area (TPSA) is 70.7 Å². The summed E-state index contributed by atoms with van der Waals surface area (Å²) >= 11 is 3.48. The molecule has 2 saturated carbocycles. The van der Waals surface area contributed by atoms with Crippen LogP contribution in [-0.2, 0) is 11.3 Å². The highest BCUT2D eigenvalue weighted by Crippen LogP contribution is 2.56. The molecule has 2 fully saturated rings. The highest BCUT2D eigenvalue weighted by atomic mass is 79.9. The summed E-state index contributed by atoms with van der Waals surface area (Å²) in [6.07, 6.45) is 8.91. The summed E-state index contributed by atoms with van der Waals surface area (Å²) in [5, 5.41) is 3.14. The molecule has 4 atom stereocenters. The second-order valence-corrected chi connectivity index (χ2v) is 9.07. The van der Waals surface area contributed by atoms with Gasteiger partial charge in [-0.2, -0.15) is 0 Å². The fourth-order valence-electron chi connectivity index (χ4n) is 5.15. The van der Waals surface area contributed by atoms with Gasteiger partial charge >= 0.3 is 0 Å². The van der Waals surface area contributed by atoms with Gasteiger partial charge in [-0.05, 0) is 60.4 Å². The lowest BCUT2D eigenvalue weighted by Gasteiger charge is -2.28. The number of pyridine rings is 1. The molecule has 0 aliphatic heterocycles. The van der Waals surface area contributed by atoms with E-state index in [1.54, 1.807) is 12.4 Å². The van der Waals surface area contributed by atoms with Crippen molar-refractivity contribution in [2.45, 2.75) is 31.7 Å². The van der Waals surface area contributed by atoms with E-state index < -0.39 is 0 Å². The first-order valence-electron chi connectivity index (χ1n) is 10.2. The van der Waals surface area contributed by atoms with Gasteiger partial charge in [0.05, 0.1) is 17.8 Å². The molecule has 1 amide bonds. The Labute approximate surface area is 178 Å². The van der Waals surface area contributed by atoms with Crippen molar-refractivity contribution >= 4 is 21.8 Å². The molecule has 148 valence electrons. The Morgan fingerprint density at radius 3 is 2.76 bits per heavy atom. The van der Waals surface area contributed by atoms with Crippen molar-refractivity contribution in [2.24, 2.45) is 17.8 Å². The molecule has 3 unspecified atom stereocenters. The van der Waals surface area contributed by atoms with Crippen molar-refractivity contribution in [3.05, 3.63) is 70.8 Å². The zero-order valence-corrected chi connectivity index (χ0v) is 17.6. The SMILES string of the molecule is O=C(NCc1cccnc1)[C@H]1C2CCC(C2)C1c1ncc(-c2ccc(Br)cc2)[nH]1. The molecule has 2 aliphatic carbocycles. The number of nitrogens with one attached hydrogen (secondary N) is 2. The monoisotopic (exact) mass is 450 g/mol. The van der Waals surface area contributed by atoms with Crippen LogP contribution in [0.1, 0.15) is 36.6 Å². The summed E-state index contributed by atoms with van der Waals surface area (Å²) in [6.45, 7) is 0.523. The van der Waals surface area contributed by atoms with E-state index in [9.17, 15) is 4.79 Å². The fraction of sp³-hybridized carbons (Fsp3) is 0.348. The normalized spacial score (nSPS) is 25.3. The Morgan fingerprint density at radius 1 is 1.14 bits per heavy atom. The summed E-state index contributed by atoms with van der Waals surface area (Å²) < 4.78 is 1.06. The summed E-state index contributed by atoms with van der Waals surface area (Å²) in [5.41, 5.74) is 3.13. The minimum atomic E-state index is -0.00524. The number of nitrogens with zero attached hydrogens (tertiary/aromatic N) is 2. The van der Waals surface area contributed by atoms with Crippen LogP contribution in [0.4, 0.5) is 0 Å². The zero-order valence-electron chi connectivity index (χ0n) is 16.0. The van der Waals surface area contributed by atoms with E-state index in [1.807, 2.05) is 30.5 Å². The number of fused-ring (bicyclic) bond motifs is 2. The fourth-order valence-corrected chi connectivity index (χ4v) is 5.42. The Kier molecular flexibility index (Phi) is 4.96. The molecule has 0 saturated heterocycles. The number of carbonyl (C=O) groups is 1. The maximum absolute atomic E-state index is 13.1. The number of halogens is 1. The lowest BCUT2D eigenvalue weighted by atomic mass is 9.78. The molecule has 2 bridgehead atoms. The van der Waals surface area contributed by atoms with E-state index >= 15 is 0 Å². The number of amides is 1. The maximum Gasteiger partial charge on any atom is 0.224 e. The number of H-pyrrole nitrogens is 1. The quantitative estimate of drug-likeness (QED) is 0.592. The molecule has 0 spiro atoms. The third-order valence-electron chi connectivity index (χ3n) is 6.48. The van der Waals surface area contributed by atoms with Crippen molar-refractivity contribution < 1.29 is 4.79 Å². The number of hydrogen-bond donors (Lipinski definition) is 2. The summed E-state index contributed by atoms with van der Waals surface area (Å²) in [4.78, 5) is 25.5. The van der Waals surface area contributed by atoms with E-state index in [0.717, 1.165) is 40.0 Å². The van der Waals surface area contributed by atoms with Crippen LogP contribution >= 0.6 is 15.9 Å². The molecule has 2 aromatic heterocycles. The average molecular weight is 451 g/mol. The van der Waals surface area contributed by atoms with Gasteiger partial charge in [0.1, 0.15) is 5.82 Å². The maximum atomic E-state index is 13.1. The van der Waals surface area contributed by atoms with Crippen LogP contribution in [0.3, 0.4) is 0 Å². The number of imidazole rings is 1. The van der Waals surface area contributed by atoms with Gasteiger partial charge in [-0.1, -0.05) is 34.1 Å². The van der Waals surface area contributed by atoms with E-state index in [2.05, 4.69) is 43.3 Å². The Morgan fingerprint density at radius 2 is 1.97 bits per heavy atom. The van der Waals surface area contributed by atoms with Crippen molar-refractivity contribution in [1.29, 1.82) is 0 Å². The molecule has 0 radical (unpaired) electrons. The average Bonchev–Trinajstić information content (AvgIpc) is 3.49. The van der Waals surface area contributed by atoms with E-state index in [-0.39, 0.29) is 17.7 Å². The van der Waals surface area contributed by atoms with Crippen LogP contribution < -0.4 is 5.32 Å². The van der Waals surface area contributed by atoms with Gasteiger partial charge in [-0.25, -0.2) is 4.98 Å². The highest BCUT2D eigenvalue weighted by Gasteiger charge is 2.52. The van der Waals surface area contributed by atoms with E-state index in [4.69, 9.17) is 4.98 Å². The molecule has 2 N–H and O–H groups in total. The van der Waals surface area contributed by atoms with Gasteiger partial charge in [0, 0.05) is 29.3 Å². The number of carbonyl (C=O) groups excluding carboxylic acids is 1. The predicted octanol–water partition coefficient (Wildman–Crippen LogP) is 4.68. The lowest BCUT2D eigenvalue weighted by Crippen LogP contribution is -2.37. The van der Waals surface area contributed by atoms with Gasteiger partial charge in [0.2, 0.25) is 5.91 Å². The lowest BCUT2D eigenvalue weighted by molar-refractivity contribution is -0.127. The van der Waals surface area contributed by atoms with Crippen LogP contribution in [0.2, 0.25) is 0 Å². The predicted molar refractivity (Wildman–Crippen MR) is 115 cm³/mol. The number of benzene rings is 1. The number of aromatic nitrogens is 3. The molecule has 6 heteroatoms. The minimum absolute atomic E-state index is 0.00524. The van der Waals surface area contributed by atoms with Gasteiger partial charge in [0.25, 0.3) is 0 Å². The van der Waals surface area contributed by atoms with E-state index in [0.29, 0.717) is 18.4 Å². The molecular formula is C23H23BrN4O. The molecule has 2 aliphatic rings. The van der Waals surface area contributed by atoms with Crippen LogP contribution in [-0.4, -0.2) is 20.9 Å². The number of aromatic amines is 1. The van der Waals surface area contributed by atoms with Crippen molar-refractivity contribution in [3.8, 4) is 11.3 Å². The van der Waals surface area contributed by atoms with Gasteiger partial charge in [-0.3, -0.25) is 9.78 Å². The van der Waals surface area contributed by atoms with Crippen LogP contribution in [0, 0.1) is 17.8 Å². The number of hydrogen-bond acceptors (Lipinski definition) is 3. The Hall–Kier alpha value is -2.47. The van der Waals surface area contributed by atoms with Gasteiger partial charge < -0.3 is 10.3 Å². The molecule has 3 aromatic rings. The standard InChI is InChI=1S/C23H23BrN4O/c24-18-7-5-15(6-8-18)19-13-26-22(28-19)20-16-3-4-17(10-16)21(20)23(29)27-12-14-2-1-9-25-11-14/h1-2,5-9,11,13,16-17,20-21H,3-4,10,12H2,(H,26,28)(H,27,29)/t16?,17?,20?,21-/m0/s1. The Balaban J connectivity index is 1.36. The molecule has 1 aromatic carbocycles. The van der Waals surface area contributed by atoms with Crippen LogP contribution in [0.5, 0.6) is 0 Å². The second kappa shape index (κ2) is 7.75. The van der Waals surface area contributed by atoms with Crippen molar-refractivity contribution in [3.63, 3.8) is 0 Å². The first kappa shape index (κ1) is 18.6. The molecular weight excluding hydrogens is 428 g/mol. The number of rotatable bonds is 5. The van der Waals surface area contributed by atoms with Crippen molar-refractivity contribution in [2.75, 3.05) is 0 Å². The highest BCUT2D eigenvalue weighted by molar-refractivity contribution is 9.10. The third kappa shape index (κ3) is 3.62. The summed E-state index contributed by atoms with van der Waals surface area (Å²) in [5.74, 6) is 2.27. The second-order valence-electron chi connectivity index (χ2n) is 8.15. The van der Waals surface area contributed by atoms with Gasteiger partial charge in [0.15, 0.2) is 0 Å². The van der Waals surface area contributed by atoms with Crippen LogP contribution in [0.15, 0.2) is 59.5 Å². The van der Waals surface area contributed by atoms with Crippen LogP contribution in [0.25, 0.3) is 11.3 Å². The largest absolute Gasteiger partial charge is 0.352 e.